The number of benzene rings is 8. The number of anilines is 3. The number of hydrogen-bond donors (Lipinski definition) is 1. The molecule has 9 aromatic rings. The average molecular weight is 991 g/mol. The quantitative estimate of drug-likeness (QED) is 0.0482. The number of fused-ring (bicyclic) bond motifs is 6. The highest BCUT2D eigenvalue weighted by Gasteiger charge is 2.44. The molecule has 8 aromatic carbocycles. The molecule has 1 heterocycles. The molecule has 0 saturated carbocycles. The van der Waals surface area contributed by atoms with E-state index >= 15 is 0 Å². The van der Waals surface area contributed by atoms with Gasteiger partial charge in [-0.25, -0.2) is 0 Å². The lowest BCUT2D eigenvalue weighted by molar-refractivity contribution is -0.137. The van der Waals surface area contributed by atoms with Crippen LogP contribution in [0.5, 0.6) is 0 Å². The Morgan fingerprint density at radius 1 is 0.547 bits per heavy atom. The number of hydrogen-bond acceptors (Lipinski definition) is 4. The normalized spacial score (nSPS) is 13.7. The molecule has 0 saturated heterocycles. The van der Waals surface area contributed by atoms with Crippen molar-refractivity contribution in [3.63, 3.8) is 0 Å². The Morgan fingerprint density at radius 2 is 1.09 bits per heavy atom. The molecule has 0 amide bonds. The third-order valence-electron chi connectivity index (χ3n) is 15.8. The Kier molecular flexibility index (Phi) is 15.7. The highest BCUT2D eigenvalue weighted by atomic mass is 16.5. The van der Waals surface area contributed by atoms with E-state index < -0.39 is 11.4 Å². The van der Waals surface area contributed by atoms with E-state index in [4.69, 9.17) is 9.84 Å². The maximum absolute atomic E-state index is 11.9. The zero-order valence-electron chi connectivity index (χ0n) is 44.0. The van der Waals surface area contributed by atoms with Gasteiger partial charge in [-0.1, -0.05) is 179 Å². The minimum absolute atomic E-state index is 0.244. The Morgan fingerprint density at radius 3 is 1.76 bits per heavy atom. The van der Waals surface area contributed by atoms with Gasteiger partial charge in [-0.2, -0.15) is 0 Å². The molecule has 1 aliphatic rings. The first-order valence-corrected chi connectivity index (χ1v) is 27.5. The van der Waals surface area contributed by atoms with Crippen LogP contribution in [0.1, 0.15) is 118 Å². The van der Waals surface area contributed by atoms with Gasteiger partial charge in [0.1, 0.15) is 6.61 Å². The molecule has 0 fully saturated rings. The smallest absolute Gasteiger partial charge is 0.303 e. The number of carbonyl (C=O) groups is 2. The van der Waals surface area contributed by atoms with Gasteiger partial charge in [-0.05, 0) is 162 Å². The summed E-state index contributed by atoms with van der Waals surface area (Å²) >= 11 is 0. The molecule has 1 unspecified atom stereocenters. The van der Waals surface area contributed by atoms with E-state index in [9.17, 15) is 9.59 Å². The third kappa shape index (κ3) is 10.9. The predicted octanol–water partition coefficient (Wildman–Crippen LogP) is 18.4. The zero-order chi connectivity index (χ0) is 51.7. The van der Waals surface area contributed by atoms with Gasteiger partial charge in [0, 0.05) is 39.9 Å². The Balaban J connectivity index is 0.919. The number of para-hydroxylation sites is 1. The van der Waals surface area contributed by atoms with E-state index in [1.807, 2.05) is 0 Å². The highest BCUT2D eigenvalue weighted by molar-refractivity contribution is 6.10. The lowest BCUT2D eigenvalue weighted by atomic mass is 9.74. The molecule has 1 aromatic heterocycles. The van der Waals surface area contributed by atoms with Crippen molar-refractivity contribution < 1.29 is 19.4 Å². The number of unbranched alkanes of at least 4 members (excludes halogenated alkanes) is 9. The average Bonchev–Trinajstić information content (AvgIpc) is 3.91. The molecule has 0 radical (unpaired) electrons. The number of carboxylic acids is 1. The molecule has 0 aliphatic heterocycles. The number of aliphatic carboxylic acids is 1. The minimum atomic E-state index is -0.719. The minimum Gasteiger partial charge on any atom is -0.481 e. The second-order valence-corrected chi connectivity index (χ2v) is 21.0. The summed E-state index contributed by atoms with van der Waals surface area (Å²) in [6, 6.07) is 65.1. The SMILES string of the molecule is CCCCCCc1ccc(-n2c3ccccc3c3cc(-c4ccc(N(c5ccc(C)cc5)c5ccc(-c6ccc7c(c6)C(CCCCCCCCCC(=O)O)(COC=O)c6cc(C)ccc6-7)cc5)cc4)ccc32)cc1. The van der Waals surface area contributed by atoms with Crippen molar-refractivity contribution >= 4 is 51.3 Å². The van der Waals surface area contributed by atoms with Gasteiger partial charge in [0.15, 0.2) is 0 Å². The molecular formula is C69H70N2O4. The Labute approximate surface area is 443 Å². The van der Waals surface area contributed by atoms with Gasteiger partial charge >= 0.3 is 5.97 Å². The summed E-state index contributed by atoms with van der Waals surface area (Å²) in [4.78, 5) is 25.2. The first-order chi connectivity index (χ1) is 36.7. The molecule has 10 rings (SSSR count). The summed E-state index contributed by atoms with van der Waals surface area (Å²) in [7, 11) is 0. The van der Waals surface area contributed by atoms with E-state index in [-0.39, 0.29) is 13.0 Å². The van der Waals surface area contributed by atoms with Crippen LogP contribution in [0.3, 0.4) is 0 Å². The lowest BCUT2D eigenvalue weighted by Crippen LogP contribution is -2.31. The number of nitrogens with zero attached hydrogens (tertiary/aromatic N) is 2. The van der Waals surface area contributed by atoms with Crippen LogP contribution in [0.4, 0.5) is 17.1 Å². The van der Waals surface area contributed by atoms with Crippen molar-refractivity contribution in [1.29, 1.82) is 0 Å². The van der Waals surface area contributed by atoms with Crippen LogP contribution >= 0.6 is 0 Å². The first kappa shape index (κ1) is 50.8. The summed E-state index contributed by atoms with van der Waals surface area (Å²) in [6.07, 6.45) is 14.3. The Hall–Kier alpha value is -7.70. The van der Waals surface area contributed by atoms with E-state index in [0.717, 1.165) is 91.5 Å². The maximum Gasteiger partial charge on any atom is 0.303 e. The summed E-state index contributed by atoms with van der Waals surface area (Å²) in [5.74, 6) is -0.719. The monoisotopic (exact) mass is 991 g/mol. The fourth-order valence-corrected chi connectivity index (χ4v) is 11.8. The van der Waals surface area contributed by atoms with Crippen molar-refractivity contribution in [2.75, 3.05) is 11.5 Å². The van der Waals surface area contributed by atoms with Gasteiger partial charge in [0.2, 0.25) is 0 Å². The molecule has 6 heteroatoms. The zero-order valence-corrected chi connectivity index (χ0v) is 44.0. The van der Waals surface area contributed by atoms with Crippen molar-refractivity contribution in [3.8, 4) is 39.1 Å². The van der Waals surface area contributed by atoms with E-state index in [1.165, 1.54) is 97.7 Å². The van der Waals surface area contributed by atoms with Crippen molar-refractivity contribution in [1.82, 2.24) is 4.57 Å². The standard InChI is InChI=1S/C69H70N2O4/c1-4-5-6-12-17-51-24-34-59(35-25-51)71-66-19-15-14-18-62(66)63-45-54(31-42-67(63)71)52-26-36-57(37-27-52)70(56-32-21-49(2)22-33-56)58-38-28-53(29-39-58)55-30-41-61-60-40-23-50(3)44-64(60)69(47-75-48-72,65(61)46-55)43-16-11-9-7-8-10-13-20-68(73)74/h14-15,18-19,21-42,44-46,48H,4-13,16-17,20,43,47H2,1-3H3,(H,73,74). The molecular weight excluding hydrogens is 921 g/mol. The summed E-state index contributed by atoms with van der Waals surface area (Å²) in [5.41, 5.74) is 19.6. The van der Waals surface area contributed by atoms with Crippen LogP contribution in [0.2, 0.25) is 0 Å². The van der Waals surface area contributed by atoms with Gasteiger partial charge in [0.05, 0.1) is 16.4 Å². The fraction of sp³-hybridized carbons (Fsp3) is 0.275. The molecule has 1 atom stereocenters. The van der Waals surface area contributed by atoms with Crippen LogP contribution in [-0.4, -0.2) is 28.7 Å². The first-order valence-electron chi connectivity index (χ1n) is 27.5. The van der Waals surface area contributed by atoms with Crippen molar-refractivity contribution in [2.24, 2.45) is 0 Å². The van der Waals surface area contributed by atoms with Gasteiger partial charge < -0.3 is 19.3 Å². The van der Waals surface area contributed by atoms with Gasteiger partial charge in [-0.15, -0.1) is 0 Å². The van der Waals surface area contributed by atoms with Gasteiger partial charge in [-0.3, -0.25) is 9.59 Å². The second-order valence-electron chi connectivity index (χ2n) is 21.0. The number of rotatable bonds is 24. The van der Waals surface area contributed by atoms with E-state index in [1.54, 1.807) is 0 Å². The van der Waals surface area contributed by atoms with E-state index in [2.05, 4.69) is 206 Å². The van der Waals surface area contributed by atoms with Crippen LogP contribution < -0.4 is 4.90 Å². The molecule has 1 aliphatic carbocycles. The van der Waals surface area contributed by atoms with E-state index in [0.29, 0.717) is 6.47 Å². The van der Waals surface area contributed by atoms with Crippen molar-refractivity contribution in [2.45, 2.75) is 116 Å². The molecule has 380 valence electrons. The summed E-state index contributed by atoms with van der Waals surface area (Å²) in [6.45, 7) is 7.41. The van der Waals surface area contributed by atoms with Crippen LogP contribution in [0, 0.1) is 13.8 Å². The number of carboxylic acid groups (broad SMARTS) is 1. The van der Waals surface area contributed by atoms with Crippen LogP contribution in [-0.2, 0) is 26.2 Å². The van der Waals surface area contributed by atoms with Gasteiger partial charge in [0.25, 0.3) is 6.47 Å². The second kappa shape index (κ2) is 23.2. The molecule has 0 bridgehead atoms. The third-order valence-corrected chi connectivity index (χ3v) is 15.8. The maximum atomic E-state index is 11.9. The predicted molar refractivity (Wildman–Crippen MR) is 311 cm³/mol. The number of aromatic nitrogens is 1. The Bertz CT molecular complexity index is 3410. The topological polar surface area (TPSA) is 71.8 Å². The number of ether oxygens (including phenoxy) is 1. The molecule has 6 nitrogen and oxygen atoms in total. The lowest BCUT2D eigenvalue weighted by Gasteiger charge is -2.32. The van der Waals surface area contributed by atoms with Crippen LogP contribution in [0.25, 0.3) is 60.9 Å². The molecule has 1 N–H and O–H groups in total. The molecule has 0 spiro atoms. The number of aryl methyl sites for hydroxylation is 3. The molecule has 75 heavy (non-hydrogen) atoms. The summed E-state index contributed by atoms with van der Waals surface area (Å²) < 4.78 is 8.17. The van der Waals surface area contributed by atoms with Crippen molar-refractivity contribution in [3.05, 3.63) is 204 Å². The highest BCUT2D eigenvalue weighted by Crippen LogP contribution is 2.53. The largest absolute Gasteiger partial charge is 0.481 e. The van der Waals surface area contributed by atoms with Crippen LogP contribution in [0.15, 0.2) is 176 Å². The fourth-order valence-electron chi connectivity index (χ4n) is 11.8. The number of carbonyl (C=O) groups excluding carboxylic acids is 1. The summed E-state index contributed by atoms with van der Waals surface area (Å²) in [5, 5.41) is 11.5.